The highest BCUT2D eigenvalue weighted by molar-refractivity contribution is 6.33. The highest BCUT2D eigenvalue weighted by Crippen LogP contribution is 2.31. The van der Waals surface area contributed by atoms with Crippen LogP contribution in [0.4, 0.5) is 0 Å². The van der Waals surface area contributed by atoms with Crippen molar-refractivity contribution in [1.82, 2.24) is 25.1 Å². The summed E-state index contributed by atoms with van der Waals surface area (Å²) >= 11 is 6.21. The van der Waals surface area contributed by atoms with E-state index in [0.717, 1.165) is 0 Å². The largest absolute Gasteiger partial charge is 0.497 e. The van der Waals surface area contributed by atoms with Gasteiger partial charge in [0.2, 0.25) is 5.82 Å². The maximum Gasteiger partial charge on any atom is 0.280 e. The molecule has 0 aliphatic rings. The van der Waals surface area contributed by atoms with Crippen molar-refractivity contribution in [2.24, 2.45) is 0 Å². The molecule has 142 valence electrons. The van der Waals surface area contributed by atoms with Crippen molar-refractivity contribution in [1.29, 1.82) is 0 Å². The van der Waals surface area contributed by atoms with Crippen LogP contribution in [0.25, 0.3) is 28.7 Å². The number of halogens is 1. The molecule has 0 aliphatic heterocycles. The van der Waals surface area contributed by atoms with Crippen LogP contribution in [0, 0.1) is 6.92 Å². The second-order valence-corrected chi connectivity index (χ2v) is 6.28. The summed E-state index contributed by atoms with van der Waals surface area (Å²) in [5.41, 5.74) is 2.54. The van der Waals surface area contributed by atoms with Gasteiger partial charge in [0.1, 0.15) is 17.2 Å². The van der Waals surface area contributed by atoms with Gasteiger partial charge in [-0.15, -0.1) is 5.10 Å². The highest BCUT2D eigenvalue weighted by atomic mass is 35.5. The van der Waals surface area contributed by atoms with Gasteiger partial charge in [-0.3, -0.25) is 0 Å². The van der Waals surface area contributed by atoms with E-state index < -0.39 is 0 Å². The van der Waals surface area contributed by atoms with Gasteiger partial charge in [-0.1, -0.05) is 34.1 Å². The van der Waals surface area contributed by atoms with Crippen LogP contribution in [0.15, 0.2) is 47.0 Å². The average Bonchev–Trinajstić information content (AvgIpc) is 3.34. The van der Waals surface area contributed by atoms with E-state index in [1.807, 2.05) is 37.3 Å². The Morgan fingerprint density at radius 1 is 1.07 bits per heavy atom. The van der Waals surface area contributed by atoms with E-state index >= 15 is 0 Å². The van der Waals surface area contributed by atoms with Crippen LogP contribution in [-0.2, 0) is 0 Å². The molecule has 2 heterocycles. The smallest absolute Gasteiger partial charge is 0.280 e. The van der Waals surface area contributed by atoms with Crippen LogP contribution in [-0.4, -0.2) is 39.4 Å². The normalized spacial score (nSPS) is 10.9. The van der Waals surface area contributed by atoms with Gasteiger partial charge >= 0.3 is 0 Å². The van der Waals surface area contributed by atoms with E-state index in [2.05, 4.69) is 20.5 Å². The lowest BCUT2D eigenvalue weighted by atomic mass is 10.2. The lowest BCUT2D eigenvalue weighted by Crippen LogP contribution is -2.02. The number of rotatable bonds is 5. The van der Waals surface area contributed by atoms with Crippen molar-refractivity contribution in [2.45, 2.75) is 6.92 Å². The zero-order chi connectivity index (χ0) is 19.7. The molecule has 2 aromatic carbocycles. The number of ether oxygens (including phenoxy) is 2. The van der Waals surface area contributed by atoms with Gasteiger partial charge in [-0.25, -0.2) is 4.68 Å². The van der Waals surface area contributed by atoms with E-state index in [9.17, 15) is 0 Å². The van der Waals surface area contributed by atoms with Gasteiger partial charge in [0, 0.05) is 11.6 Å². The molecule has 0 aliphatic carbocycles. The fourth-order valence-corrected chi connectivity index (χ4v) is 3.01. The molecule has 0 amide bonds. The maximum absolute atomic E-state index is 6.21. The van der Waals surface area contributed by atoms with Gasteiger partial charge in [0.25, 0.3) is 5.89 Å². The molecule has 0 saturated carbocycles. The second-order valence-electron chi connectivity index (χ2n) is 5.88. The first-order chi connectivity index (χ1) is 13.6. The molecule has 4 aromatic rings. The predicted molar refractivity (Wildman–Crippen MR) is 103 cm³/mol. The molecule has 0 unspecified atom stereocenters. The van der Waals surface area contributed by atoms with Crippen molar-refractivity contribution in [3.05, 3.63) is 53.2 Å². The summed E-state index contributed by atoms with van der Waals surface area (Å²) in [4.78, 5) is 4.42. The van der Waals surface area contributed by atoms with E-state index in [4.69, 9.17) is 25.6 Å². The SMILES string of the molecule is COc1ccc(OC)c(-n2nnc(-c3nc(-c4ccccc4Cl)no3)c2C)c1. The minimum Gasteiger partial charge on any atom is -0.497 e. The number of nitrogens with zero attached hydrogens (tertiary/aromatic N) is 5. The molecule has 9 heteroatoms. The molecule has 2 aromatic heterocycles. The lowest BCUT2D eigenvalue weighted by Gasteiger charge is -2.11. The Morgan fingerprint density at radius 3 is 2.64 bits per heavy atom. The highest BCUT2D eigenvalue weighted by Gasteiger charge is 2.21. The number of methoxy groups -OCH3 is 2. The third-order valence-corrected chi connectivity index (χ3v) is 4.58. The Morgan fingerprint density at radius 2 is 1.89 bits per heavy atom. The Labute approximate surface area is 165 Å². The fraction of sp³-hybridized carbons (Fsp3) is 0.158. The van der Waals surface area contributed by atoms with Crippen LogP contribution in [0.2, 0.25) is 5.02 Å². The van der Waals surface area contributed by atoms with Gasteiger partial charge < -0.3 is 14.0 Å². The topological polar surface area (TPSA) is 88.1 Å². The first kappa shape index (κ1) is 18.0. The van der Waals surface area contributed by atoms with Crippen molar-refractivity contribution in [3.63, 3.8) is 0 Å². The number of hydrogen-bond acceptors (Lipinski definition) is 7. The van der Waals surface area contributed by atoms with Crippen molar-refractivity contribution in [3.8, 4) is 40.2 Å². The van der Waals surface area contributed by atoms with Crippen LogP contribution in [0.5, 0.6) is 11.5 Å². The number of aromatic nitrogens is 5. The molecular formula is C19H16ClN5O3. The van der Waals surface area contributed by atoms with E-state index in [0.29, 0.717) is 45.0 Å². The Balaban J connectivity index is 1.76. The minimum atomic E-state index is 0.250. The molecule has 28 heavy (non-hydrogen) atoms. The molecule has 8 nitrogen and oxygen atoms in total. The van der Waals surface area contributed by atoms with Gasteiger partial charge in [-0.2, -0.15) is 4.98 Å². The molecular weight excluding hydrogens is 382 g/mol. The van der Waals surface area contributed by atoms with E-state index in [1.165, 1.54) is 0 Å². The predicted octanol–water partition coefficient (Wildman–Crippen LogP) is 3.96. The van der Waals surface area contributed by atoms with Gasteiger partial charge in [0.05, 0.1) is 24.9 Å². The lowest BCUT2D eigenvalue weighted by molar-refractivity contribution is 0.400. The van der Waals surface area contributed by atoms with Gasteiger partial charge in [-0.05, 0) is 31.2 Å². The maximum atomic E-state index is 6.21. The summed E-state index contributed by atoms with van der Waals surface area (Å²) in [6, 6.07) is 12.7. The Bertz CT molecular complexity index is 1140. The van der Waals surface area contributed by atoms with Gasteiger partial charge in [0.15, 0.2) is 5.69 Å². The fourth-order valence-electron chi connectivity index (χ4n) is 2.79. The third-order valence-electron chi connectivity index (χ3n) is 4.25. The van der Waals surface area contributed by atoms with E-state index in [1.54, 1.807) is 31.0 Å². The molecule has 0 N–H and O–H groups in total. The van der Waals surface area contributed by atoms with Crippen molar-refractivity contribution >= 4 is 11.6 Å². The molecule has 4 rings (SSSR count). The summed E-state index contributed by atoms with van der Waals surface area (Å²) in [5.74, 6) is 1.93. The molecule has 0 radical (unpaired) electrons. The first-order valence-electron chi connectivity index (χ1n) is 8.36. The standard InChI is InChI=1S/C19H16ClN5O3/c1-11-17(19-21-18(23-28-19)13-6-4-5-7-14(13)20)22-24-25(11)15-10-12(26-2)8-9-16(15)27-3/h4-10H,1-3H3. The monoisotopic (exact) mass is 397 g/mol. The molecule has 0 atom stereocenters. The molecule has 0 bridgehead atoms. The van der Waals surface area contributed by atoms with Crippen LogP contribution < -0.4 is 9.47 Å². The molecule has 0 fully saturated rings. The van der Waals surface area contributed by atoms with Crippen molar-refractivity contribution < 1.29 is 14.0 Å². The minimum absolute atomic E-state index is 0.250. The summed E-state index contributed by atoms with van der Waals surface area (Å²) < 4.78 is 17.8. The van der Waals surface area contributed by atoms with Crippen molar-refractivity contribution in [2.75, 3.05) is 14.2 Å². The van der Waals surface area contributed by atoms with Crippen LogP contribution >= 0.6 is 11.6 Å². The molecule has 0 spiro atoms. The summed E-state index contributed by atoms with van der Waals surface area (Å²) in [6.45, 7) is 1.85. The average molecular weight is 398 g/mol. The van der Waals surface area contributed by atoms with E-state index in [-0.39, 0.29) is 5.89 Å². The second kappa shape index (κ2) is 7.32. The summed E-state index contributed by atoms with van der Waals surface area (Å²) in [5, 5.41) is 13.0. The third kappa shape index (κ3) is 3.07. The van der Waals surface area contributed by atoms with Crippen LogP contribution in [0.3, 0.4) is 0 Å². The number of hydrogen-bond donors (Lipinski definition) is 0. The summed E-state index contributed by atoms with van der Waals surface area (Å²) in [6.07, 6.45) is 0. The quantitative estimate of drug-likeness (QED) is 0.503. The Hall–Kier alpha value is -3.39. The Kier molecular flexibility index (Phi) is 4.70. The zero-order valence-corrected chi connectivity index (χ0v) is 16.1. The van der Waals surface area contributed by atoms with Crippen LogP contribution in [0.1, 0.15) is 5.69 Å². The first-order valence-corrected chi connectivity index (χ1v) is 8.74. The zero-order valence-electron chi connectivity index (χ0n) is 15.4. The summed E-state index contributed by atoms with van der Waals surface area (Å²) in [7, 11) is 3.19. The number of benzene rings is 2. The molecule has 0 saturated heterocycles.